The highest BCUT2D eigenvalue weighted by molar-refractivity contribution is 5.88. The van der Waals surface area contributed by atoms with Crippen LogP contribution in [0.1, 0.15) is 18.4 Å². The van der Waals surface area contributed by atoms with E-state index in [-0.39, 0.29) is 0 Å². The minimum atomic E-state index is -0.781. The summed E-state index contributed by atoms with van der Waals surface area (Å²) in [4.78, 5) is 10.5. The quantitative estimate of drug-likeness (QED) is 0.761. The van der Waals surface area contributed by atoms with Gasteiger partial charge in [-0.05, 0) is 23.9 Å². The van der Waals surface area contributed by atoms with Crippen LogP contribution in [0.25, 0.3) is 10.8 Å². The number of aliphatic carboxylic acids is 1. The molecule has 3 nitrogen and oxygen atoms in total. The third-order valence-electron chi connectivity index (χ3n) is 3.64. The monoisotopic (exact) mass is 308 g/mol. The number of hydrogen-bond acceptors (Lipinski definition) is 2. The summed E-state index contributed by atoms with van der Waals surface area (Å²) in [6.07, 6.45) is 0. The molecule has 1 unspecified atom stereocenters. The van der Waals surface area contributed by atoms with Crippen molar-refractivity contribution in [1.82, 2.24) is 0 Å². The number of carbonyl (C=O) groups is 1. The Hall–Kier alpha value is -2.81. The summed E-state index contributed by atoms with van der Waals surface area (Å²) in [6, 6.07) is 23.4. The molecule has 0 aliphatic heterocycles. The molecule has 3 aromatic carbocycles. The predicted octanol–water partition coefficient (Wildman–Crippen LogP) is 4.72. The van der Waals surface area contributed by atoms with Crippen molar-refractivity contribution in [3.63, 3.8) is 0 Å². The van der Waals surface area contributed by atoms with Gasteiger partial charge in [-0.15, -0.1) is 0 Å². The summed E-state index contributed by atoms with van der Waals surface area (Å²) < 4.78 is 5.23. The molecule has 3 aromatic rings. The molecule has 0 saturated carbocycles. The van der Waals surface area contributed by atoms with Crippen molar-refractivity contribution in [2.75, 3.05) is 7.11 Å². The van der Waals surface area contributed by atoms with Crippen LogP contribution in [0, 0.1) is 0 Å². The Labute approximate surface area is 136 Å². The molecule has 0 spiro atoms. The normalized spacial score (nSPS) is 11.2. The Morgan fingerprint density at radius 3 is 2.17 bits per heavy atom. The van der Waals surface area contributed by atoms with E-state index in [1.165, 1.54) is 10.8 Å². The van der Waals surface area contributed by atoms with Crippen LogP contribution in [-0.4, -0.2) is 18.2 Å². The molecule has 1 atom stereocenters. The van der Waals surface area contributed by atoms with Crippen molar-refractivity contribution >= 4 is 16.7 Å². The first-order valence-corrected chi connectivity index (χ1v) is 7.43. The number of benzene rings is 3. The van der Waals surface area contributed by atoms with Gasteiger partial charge in [-0.1, -0.05) is 66.7 Å². The fraction of sp³-hybridized carbons (Fsp3) is 0.150. The first-order chi connectivity index (χ1) is 11.1. The number of ether oxygens (including phenoxy) is 1. The molecule has 0 amide bonds. The lowest BCUT2D eigenvalue weighted by Gasteiger charge is -2.04. The minimum Gasteiger partial charge on any atom is -0.496 e. The lowest BCUT2D eigenvalue weighted by molar-refractivity contribution is -0.138. The van der Waals surface area contributed by atoms with Crippen LogP contribution in [-0.2, 0) is 4.79 Å². The number of fused-ring (bicyclic) bond motifs is 1. The summed E-state index contributed by atoms with van der Waals surface area (Å²) in [7, 11) is 1.70. The average molecular weight is 308 g/mol. The van der Waals surface area contributed by atoms with E-state index in [1.807, 2.05) is 54.6 Å². The Morgan fingerprint density at radius 1 is 0.913 bits per heavy atom. The van der Waals surface area contributed by atoms with Crippen LogP contribution >= 0.6 is 0 Å². The van der Waals surface area contributed by atoms with Crippen LogP contribution in [0.2, 0.25) is 0 Å². The SMILES string of the molecule is CC(C(=O)O)c1ccccc1.COc1cccc2ccccc12. The number of hydrogen-bond donors (Lipinski definition) is 1. The van der Waals surface area contributed by atoms with Crippen molar-refractivity contribution in [3.05, 3.63) is 78.4 Å². The summed E-state index contributed by atoms with van der Waals surface area (Å²) in [5.41, 5.74) is 0.847. The fourth-order valence-electron chi connectivity index (χ4n) is 2.26. The largest absolute Gasteiger partial charge is 0.496 e. The molecule has 0 fully saturated rings. The Bertz CT molecular complexity index is 761. The zero-order valence-electron chi connectivity index (χ0n) is 13.3. The topological polar surface area (TPSA) is 46.5 Å². The lowest BCUT2D eigenvalue weighted by Crippen LogP contribution is -2.06. The molecular weight excluding hydrogens is 288 g/mol. The second-order valence-corrected chi connectivity index (χ2v) is 5.15. The van der Waals surface area contributed by atoms with Gasteiger partial charge in [-0.2, -0.15) is 0 Å². The summed E-state index contributed by atoms with van der Waals surface area (Å²) in [6.45, 7) is 1.68. The van der Waals surface area contributed by atoms with Gasteiger partial charge in [-0.25, -0.2) is 0 Å². The maximum absolute atomic E-state index is 10.5. The van der Waals surface area contributed by atoms with Gasteiger partial charge in [0.2, 0.25) is 0 Å². The van der Waals surface area contributed by atoms with E-state index >= 15 is 0 Å². The molecule has 23 heavy (non-hydrogen) atoms. The van der Waals surface area contributed by atoms with Crippen molar-refractivity contribution in [2.24, 2.45) is 0 Å². The Kier molecular flexibility index (Phi) is 5.75. The zero-order valence-corrected chi connectivity index (χ0v) is 13.3. The fourth-order valence-corrected chi connectivity index (χ4v) is 2.26. The van der Waals surface area contributed by atoms with E-state index in [0.717, 1.165) is 11.3 Å². The van der Waals surface area contributed by atoms with Crippen molar-refractivity contribution in [2.45, 2.75) is 12.8 Å². The molecule has 0 bridgehead atoms. The summed E-state index contributed by atoms with van der Waals surface area (Å²) in [5, 5.41) is 11.0. The van der Waals surface area contributed by atoms with Gasteiger partial charge in [0, 0.05) is 5.39 Å². The molecule has 3 heteroatoms. The molecule has 0 heterocycles. The summed E-state index contributed by atoms with van der Waals surface area (Å²) in [5.74, 6) is -0.250. The van der Waals surface area contributed by atoms with Crippen molar-refractivity contribution in [1.29, 1.82) is 0 Å². The van der Waals surface area contributed by atoms with E-state index in [2.05, 4.69) is 18.2 Å². The molecule has 0 radical (unpaired) electrons. The van der Waals surface area contributed by atoms with Crippen LogP contribution in [0.4, 0.5) is 0 Å². The molecule has 0 aliphatic carbocycles. The van der Waals surface area contributed by atoms with Gasteiger partial charge in [0.1, 0.15) is 5.75 Å². The Balaban J connectivity index is 0.000000168. The smallest absolute Gasteiger partial charge is 0.310 e. The predicted molar refractivity (Wildman–Crippen MR) is 93.0 cm³/mol. The highest BCUT2D eigenvalue weighted by atomic mass is 16.5. The van der Waals surface area contributed by atoms with Crippen LogP contribution < -0.4 is 4.74 Å². The molecule has 1 N–H and O–H groups in total. The van der Waals surface area contributed by atoms with Crippen LogP contribution in [0.5, 0.6) is 5.75 Å². The van der Waals surface area contributed by atoms with Crippen molar-refractivity contribution < 1.29 is 14.6 Å². The molecule has 0 aromatic heterocycles. The number of carboxylic acid groups (broad SMARTS) is 1. The van der Waals surface area contributed by atoms with Gasteiger partial charge >= 0.3 is 5.97 Å². The number of rotatable bonds is 3. The van der Waals surface area contributed by atoms with Gasteiger partial charge in [-0.3, -0.25) is 4.79 Å². The molecular formula is C20H20O3. The van der Waals surface area contributed by atoms with E-state index in [1.54, 1.807) is 14.0 Å². The highest BCUT2D eigenvalue weighted by Crippen LogP contribution is 2.24. The maximum atomic E-state index is 10.5. The minimum absolute atomic E-state index is 0.406. The first-order valence-electron chi connectivity index (χ1n) is 7.43. The van der Waals surface area contributed by atoms with Crippen LogP contribution in [0.15, 0.2) is 72.8 Å². The average Bonchev–Trinajstić information content (AvgIpc) is 2.61. The van der Waals surface area contributed by atoms with Crippen molar-refractivity contribution in [3.8, 4) is 5.75 Å². The van der Waals surface area contributed by atoms with Gasteiger partial charge in [0.15, 0.2) is 0 Å². The summed E-state index contributed by atoms with van der Waals surface area (Å²) >= 11 is 0. The van der Waals surface area contributed by atoms with E-state index in [9.17, 15) is 4.79 Å². The Morgan fingerprint density at radius 2 is 1.52 bits per heavy atom. The third kappa shape index (κ3) is 4.33. The van der Waals surface area contributed by atoms with E-state index in [4.69, 9.17) is 9.84 Å². The molecule has 118 valence electrons. The lowest BCUT2D eigenvalue weighted by atomic mass is 10.0. The van der Waals surface area contributed by atoms with Gasteiger partial charge in [0.25, 0.3) is 0 Å². The maximum Gasteiger partial charge on any atom is 0.310 e. The number of carboxylic acids is 1. The first kappa shape index (κ1) is 16.6. The second kappa shape index (κ2) is 7.99. The standard InChI is InChI=1S/C11H10O.C9H10O2/c1-12-11-8-4-6-9-5-2-3-7-10(9)11;1-7(9(10)11)8-5-3-2-4-6-8/h2-8H,1H3;2-7H,1H3,(H,10,11). The van der Waals surface area contributed by atoms with Gasteiger partial charge < -0.3 is 9.84 Å². The van der Waals surface area contributed by atoms with Gasteiger partial charge in [0.05, 0.1) is 13.0 Å². The molecule has 0 aliphatic rings. The van der Waals surface area contributed by atoms with E-state index in [0.29, 0.717) is 0 Å². The highest BCUT2D eigenvalue weighted by Gasteiger charge is 2.11. The zero-order chi connectivity index (χ0) is 16.7. The molecule has 3 rings (SSSR count). The molecule has 0 saturated heterocycles. The van der Waals surface area contributed by atoms with Crippen LogP contribution in [0.3, 0.4) is 0 Å². The second-order valence-electron chi connectivity index (χ2n) is 5.15. The third-order valence-corrected chi connectivity index (χ3v) is 3.64. The number of methoxy groups -OCH3 is 1. The van der Waals surface area contributed by atoms with E-state index < -0.39 is 11.9 Å².